The number of benzene rings is 1. The van der Waals surface area contributed by atoms with Crippen LogP contribution in [0.2, 0.25) is 5.02 Å². The zero-order chi connectivity index (χ0) is 23.0. The number of esters is 1. The number of halogens is 1. The predicted octanol–water partition coefficient (Wildman–Crippen LogP) is 4.88. The lowest BCUT2D eigenvalue weighted by atomic mass is 9.90. The maximum atomic E-state index is 12.8. The van der Waals surface area contributed by atoms with E-state index in [0.29, 0.717) is 43.0 Å². The largest absolute Gasteiger partial charge is 0.444 e. The number of piperidine rings is 1. The smallest absolute Gasteiger partial charge is 0.410 e. The van der Waals surface area contributed by atoms with Crippen LogP contribution in [0.4, 0.5) is 4.79 Å². The molecule has 2 aliphatic rings. The summed E-state index contributed by atoms with van der Waals surface area (Å²) in [7, 11) is 0. The molecule has 1 amide bonds. The first-order chi connectivity index (χ1) is 15.1. The van der Waals surface area contributed by atoms with E-state index in [9.17, 15) is 14.4 Å². The third kappa shape index (κ3) is 4.77. The molecule has 0 bridgehead atoms. The van der Waals surface area contributed by atoms with E-state index in [4.69, 9.17) is 25.5 Å². The van der Waals surface area contributed by atoms with Gasteiger partial charge in [-0.3, -0.25) is 4.79 Å². The van der Waals surface area contributed by atoms with Crippen LogP contribution in [0.15, 0.2) is 21.3 Å². The van der Waals surface area contributed by atoms with Crippen molar-refractivity contribution in [2.75, 3.05) is 13.1 Å². The fourth-order valence-electron chi connectivity index (χ4n) is 4.34. The summed E-state index contributed by atoms with van der Waals surface area (Å²) in [4.78, 5) is 38.9. The van der Waals surface area contributed by atoms with Crippen LogP contribution in [0.1, 0.15) is 57.6 Å². The average Bonchev–Trinajstić information content (AvgIpc) is 2.74. The molecule has 32 heavy (non-hydrogen) atoms. The molecule has 2 heterocycles. The molecule has 8 heteroatoms. The minimum atomic E-state index is -0.562. The van der Waals surface area contributed by atoms with Gasteiger partial charge in [0.25, 0.3) is 0 Å². The Balaban J connectivity index is 1.46. The zero-order valence-electron chi connectivity index (χ0n) is 18.7. The molecule has 0 radical (unpaired) electrons. The molecule has 0 saturated carbocycles. The number of rotatable bonds is 2. The topological polar surface area (TPSA) is 86.1 Å². The molecule has 172 valence electrons. The van der Waals surface area contributed by atoms with Crippen molar-refractivity contribution in [3.05, 3.63) is 38.7 Å². The number of nitrogens with zero attached hydrogens (tertiary/aromatic N) is 1. The Morgan fingerprint density at radius 3 is 2.41 bits per heavy atom. The quantitative estimate of drug-likeness (QED) is 0.360. The van der Waals surface area contributed by atoms with Crippen LogP contribution in [0.3, 0.4) is 0 Å². The highest BCUT2D eigenvalue weighted by atomic mass is 35.5. The first-order valence-corrected chi connectivity index (χ1v) is 11.5. The van der Waals surface area contributed by atoms with Gasteiger partial charge in [0, 0.05) is 30.1 Å². The molecule has 0 atom stereocenters. The van der Waals surface area contributed by atoms with Gasteiger partial charge >= 0.3 is 17.7 Å². The summed E-state index contributed by atoms with van der Waals surface area (Å²) in [5.74, 6) is -0.580. The summed E-state index contributed by atoms with van der Waals surface area (Å²) in [6.07, 6.45) is 4.09. The molecule has 1 fully saturated rings. The number of hydrogen-bond acceptors (Lipinski definition) is 6. The molecule has 1 aromatic carbocycles. The lowest BCUT2D eigenvalue weighted by molar-refractivity contribution is -0.140. The lowest BCUT2D eigenvalue weighted by Gasteiger charge is -2.32. The second-order valence-corrected chi connectivity index (χ2v) is 9.90. The summed E-state index contributed by atoms with van der Waals surface area (Å²) < 4.78 is 16.5. The summed E-state index contributed by atoms with van der Waals surface area (Å²) >= 11 is 6.43. The highest BCUT2D eigenvalue weighted by Gasteiger charge is 2.31. The van der Waals surface area contributed by atoms with Gasteiger partial charge in [-0.05, 0) is 70.9 Å². The van der Waals surface area contributed by atoms with Gasteiger partial charge in [0.2, 0.25) is 0 Å². The van der Waals surface area contributed by atoms with Gasteiger partial charge in [-0.2, -0.15) is 0 Å². The van der Waals surface area contributed by atoms with E-state index in [-0.39, 0.29) is 23.4 Å². The van der Waals surface area contributed by atoms with Gasteiger partial charge in [0.05, 0.1) is 10.9 Å². The maximum Gasteiger partial charge on any atom is 0.410 e. The molecular weight excluding hydrogens is 434 g/mol. The standard InChI is InChI=1S/C24H28ClNO6/c1-24(2,3)32-23(29)26-10-8-14(9-11-26)21(27)31-20-13-19-17(12-18(20)25)15-6-4-5-7-16(15)22(28)30-19/h12-14H,4-11H2,1-3H3. The minimum Gasteiger partial charge on any atom is -0.444 e. The van der Waals surface area contributed by atoms with E-state index in [1.165, 1.54) is 6.07 Å². The predicted molar refractivity (Wildman–Crippen MR) is 120 cm³/mol. The Morgan fingerprint density at radius 1 is 1.09 bits per heavy atom. The Bertz CT molecular complexity index is 1110. The highest BCUT2D eigenvalue weighted by molar-refractivity contribution is 6.33. The van der Waals surface area contributed by atoms with Crippen LogP contribution in [0.5, 0.6) is 5.75 Å². The molecule has 1 aromatic heterocycles. The van der Waals surface area contributed by atoms with Gasteiger partial charge < -0.3 is 18.8 Å². The number of amides is 1. The lowest BCUT2D eigenvalue weighted by Crippen LogP contribution is -2.43. The minimum absolute atomic E-state index is 0.178. The van der Waals surface area contributed by atoms with Crippen LogP contribution in [-0.4, -0.2) is 35.7 Å². The molecule has 0 spiro atoms. The second-order valence-electron chi connectivity index (χ2n) is 9.50. The SMILES string of the molecule is CC(C)(C)OC(=O)N1CCC(C(=O)Oc2cc3oc(=O)c4c(c3cc2Cl)CCCC4)CC1. The summed E-state index contributed by atoms with van der Waals surface area (Å²) in [6, 6.07) is 3.25. The Hall–Kier alpha value is -2.54. The molecule has 0 N–H and O–H groups in total. The molecule has 1 aliphatic carbocycles. The first kappa shape index (κ1) is 22.6. The molecular formula is C24H28ClNO6. The Labute approximate surface area is 191 Å². The Kier molecular flexibility index (Phi) is 6.21. The number of hydrogen-bond donors (Lipinski definition) is 0. The van der Waals surface area contributed by atoms with Crippen molar-refractivity contribution in [1.29, 1.82) is 0 Å². The van der Waals surface area contributed by atoms with E-state index < -0.39 is 11.6 Å². The number of fused-ring (bicyclic) bond motifs is 3. The Morgan fingerprint density at radius 2 is 1.75 bits per heavy atom. The fraction of sp³-hybridized carbons (Fsp3) is 0.542. The molecule has 7 nitrogen and oxygen atoms in total. The van der Waals surface area contributed by atoms with Gasteiger partial charge in [-0.25, -0.2) is 9.59 Å². The van der Waals surface area contributed by atoms with E-state index >= 15 is 0 Å². The third-order valence-electron chi connectivity index (χ3n) is 5.97. The molecule has 0 unspecified atom stereocenters. The van der Waals surface area contributed by atoms with Crippen molar-refractivity contribution >= 4 is 34.6 Å². The summed E-state index contributed by atoms with van der Waals surface area (Å²) in [5.41, 5.74) is 1.19. The van der Waals surface area contributed by atoms with Crippen molar-refractivity contribution < 1.29 is 23.5 Å². The summed E-state index contributed by atoms with van der Waals surface area (Å²) in [6.45, 7) is 6.29. The number of carbonyl (C=O) groups is 2. The van der Waals surface area contributed by atoms with Crippen molar-refractivity contribution in [2.24, 2.45) is 5.92 Å². The summed E-state index contributed by atoms with van der Waals surface area (Å²) in [5, 5.41) is 1.11. The monoisotopic (exact) mass is 461 g/mol. The van der Waals surface area contributed by atoms with E-state index in [1.807, 2.05) is 20.8 Å². The normalized spacial score (nSPS) is 17.2. The third-order valence-corrected chi connectivity index (χ3v) is 6.26. The van der Waals surface area contributed by atoms with Gasteiger partial charge in [-0.1, -0.05) is 11.6 Å². The van der Waals surface area contributed by atoms with Gasteiger partial charge in [-0.15, -0.1) is 0 Å². The highest BCUT2D eigenvalue weighted by Crippen LogP contribution is 2.35. The van der Waals surface area contributed by atoms with Crippen LogP contribution >= 0.6 is 11.6 Å². The van der Waals surface area contributed by atoms with Crippen molar-refractivity contribution in [3.63, 3.8) is 0 Å². The van der Waals surface area contributed by atoms with Gasteiger partial charge in [0.1, 0.15) is 11.2 Å². The van der Waals surface area contributed by atoms with Crippen molar-refractivity contribution in [3.8, 4) is 5.75 Å². The van der Waals surface area contributed by atoms with Crippen molar-refractivity contribution in [1.82, 2.24) is 4.90 Å². The number of carbonyl (C=O) groups excluding carboxylic acids is 2. The maximum absolute atomic E-state index is 12.8. The average molecular weight is 462 g/mol. The molecule has 1 aliphatic heterocycles. The second kappa shape index (κ2) is 8.77. The molecule has 1 saturated heterocycles. The number of ether oxygens (including phenoxy) is 2. The number of likely N-dealkylation sites (tertiary alicyclic amines) is 1. The van der Waals surface area contributed by atoms with Crippen LogP contribution in [0, 0.1) is 5.92 Å². The van der Waals surface area contributed by atoms with E-state index in [1.54, 1.807) is 11.0 Å². The van der Waals surface area contributed by atoms with E-state index in [2.05, 4.69) is 0 Å². The van der Waals surface area contributed by atoms with Crippen LogP contribution in [-0.2, 0) is 22.4 Å². The van der Waals surface area contributed by atoms with Gasteiger partial charge in [0.15, 0.2) is 5.75 Å². The van der Waals surface area contributed by atoms with E-state index in [0.717, 1.165) is 35.8 Å². The van der Waals surface area contributed by atoms with Crippen molar-refractivity contribution in [2.45, 2.75) is 64.9 Å². The fourth-order valence-corrected chi connectivity index (χ4v) is 4.54. The number of aryl methyl sites for hydroxylation is 1. The first-order valence-electron chi connectivity index (χ1n) is 11.1. The van der Waals surface area contributed by atoms with Crippen LogP contribution < -0.4 is 10.4 Å². The molecule has 4 rings (SSSR count). The zero-order valence-corrected chi connectivity index (χ0v) is 19.4. The van der Waals surface area contributed by atoms with Crippen LogP contribution in [0.25, 0.3) is 11.0 Å². The molecule has 2 aromatic rings.